The summed E-state index contributed by atoms with van der Waals surface area (Å²) in [4.78, 5) is 38.1. The van der Waals surface area contributed by atoms with Gasteiger partial charge in [-0.05, 0) is 13.8 Å². The predicted octanol–water partition coefficient (Wildman–Crippen LogP) is 2.80. The van der Waals surface area contributed by atoms with Crippen LogP contribution >= 0.6 is 0 Å². The number of hydrogen-bond acceptors (Lipinski definition) is 6. The number of carbonyl (C=O) groups is 2. The van der Waals surface area contributed by atoms with Gasteiger partial charge in [0.1, 0.15) is 0 Å². The molecule has 0 aromatic heterocycles. The Kier molecular flexibility index (Phi) is 10.5. The average Bonchev–Trinajstić information content (AvgIpc) is 2.48. The number of carboxylic acid groups (broad SMARTS) is 2. The lowest BCUT2D eigenvalue weighted by molar-refractivity contribution is -0.422. The Balaban J connectivity index is 0. The zero-order valence-electron chi connectivity index (χ0n) is 13.0. The summed E-state index contributed by atoms with van der Waals surface area (Å²) in [5.74, 6) is -1.87. The Morgan fingerprint density at radius 2 is 1.08 bits per heavy atom. The van der Waals surface area contributed by atoms with Crippen LogP contribution in [0, 0.1) is 20.2 Å². The van der Waals surface area contributed by atoms with Gasteiger partial charge in [-0.2, -0.15) is 0 Å². The van der Waals surface area contributed by atoms with E-state index in [1.807, 2.05) is 0 Å². The standard InChI is InChI=1S/C6H4N2O4.2C4H6O2/c9-7(10)5-3-1-2-4-6(5)8(11)12;2*1-3(2)4(5)6/h1-4H;2*1H2,2H3,(H,5,6). The lowest BCUT2D eigenvalue weighted by atomic mass is 10.3. The lowest BCUT2D eigenvalue weighted by Gasteiger charge is -1.91. The molecule has 130 valence electrons. The van der Waals surface area contributed by atoms with Crippen molar-refractivity contribution in [2.75, 3.05) is 0 Å². The Morgan fingerprint density at radius 1 is 0.875 bits per heavy atom. The molecule has 0 heterocycles. The van der Waals surface area contributed by atoms with Crippen molar-refractivity contribution >= 4 is 23.3 Å². The van der Waals surface area contributed by atoms with Crippen LogP contribution in [0.25, 0.3) is 0 Å². The minimum absolute atomic E-state index is 0.176. The van der Waals surface area contributed by atoms with Crippen molar-refractivity contribution in [3.05, 3.63) is 68.8 Å². The minimum atomic E-state index is -0.935. The van der Waals surface area contributed by atoms with E-state index in [2.05, 4.69) is 13.2 Å². The smallest absolute Gasteiger partial charge is 0.346 e. The Labute approximate surface area is 136 Å². The molecule has 0 saturated heterocycles. The van der Waals surface area contributed by atoms with Crippen LogP contribution in [-0.2, 0) is 9.59 Å². The summed E-state index contributed by atoms with van der Waals surface area (Å²) in [6.45, 7) is 9.20. The maximum absolute atomic E-state index is 10.2. The fourth-order valence-corrected chi connectivity index (χ4v) is 0.773. The molecule has 1 rings (SSSR count). The van der Waals surface area contributed by atoms with Gasteiger partial charge in [-0.15, -0.1) is 0 Å². The summed E-state index contributed by atoms with van der Waals surface area (Å²) in [5, 5.41) is 36.2. The molecule has 2 N–H and O–H groups in total. The maximum Gasteiger partial charge on any atom is 0.346 e. The molecule has 0 bridgehead atoms. The van der Waals surface area contributed by atoms with Gasteiger partial charge in [-0.1, -0.05) is 25.3 Å². The first-order valence-corrected chi connectivity index (χ1v) is 6.07. The van der Waals surface area contributed by atoms with E-state index in [1.54, 1.807) is 0 Å². The molecule has 24 heavy (non-hydrogen) atoms. The molecule has 0 aliphatic carbocycles. The highest BCUT2D eigenvalue weighted by Crippen LogP contribution is 2.24. The van der Waals surface area contributed by atoms with Crippen LogP contribution in [0.4, 0.5) is 11.4 Å². The van der Waals surface area contributed by atoms with Crippen LogP contribution in [0.2, 0.25) is 0 Å². The number of para-hydroxylation sites is 2. The second-order valence-corrected chi connectivity index (χ2v) is 4.17. The minimum Gasteiger partial charge on any atom is -0.478 e. The van der Waals surface area contributed by atoms with Gasteiger partial charge >= 0.3 is 23.3 Å². The van der Waals surface area contributed by atoms with E-state index >= 15 is 0 Å². The van der Waals surface area contributed by atoms with Crippen LogP contribution < -0.4 is 0 Å². The SMILES string of the molecule is C=C(C)C(=O)O.C=C(C)C(=O)O.O=[N+]([O-])c1ccccc1[N+](=O)[O-]. The van der Waals surface area contributed by atoms with Gasteiger partial charge in [-0.25, -0.2) is 9.59 Å². The number of aliphatic carboxylic acids is 2. The van der Waals surface area contributed by atoms with E-state index in [-0.39, 0.29) is 11.1 Å². The zero-order chi connectivity index (χ0) is 19.4. The number of rotatable bonds is 4. The predicted molar refractivity (Wildman–Crippen MR) is 84.7 cm³/mol. The largest absolute Gasteiger partial charge is 0.478 e. The van der Waals surface area contributed by atoms with Crippen molar-refractivity contribution in [3.63, 3.8) is 0 Å². The first-order valence-electron chi connectivity index (χ1n) is 6.07. The maximum atomic E-state index is 10.2. The van der Waals surface area contributed by atoms with Crippen molar-refractivity contribution in [2.45, 2.75) is 13.8 Å². The first kappa shape index (κ1) is 22.7. The Hall–Kier alpha value is -3.56. The highest BCUT2D eigenvalue weighted by molar-refractivity contribution is 5.85. The molecular formula is C14H16N2O8. The molecule has 0 atom stereocenters. The molecule has 0 radical (unpaired) electrons. The first-order chi connectivity index (χ1) is 10.9. The molecule has 0 unspecified atom stereocenters. The van der Waals surface area contributed by atoms with Crippen LogP contribution in [0.5, 0.6) is 0 Å². The summed E-state index contributed by atoms with van der Waals surface area (Å²) in [6.07, 6.45) is 0. The molecule has 10 nitrogen and oxygen atoms in total. The number of nitrogens with zero attached hydrogens (tertiary/aromatic N) is 2. The summed E-state index contributed by atoms with van der Waals surface area (Å²) in [6, 6.07) is 4.95. The van der Waals surface area contributed by atoms with Gasteiger partial charge in [0.2, 0.25) is 0 Å². The third-order valence-electron chi connectivity index (χ3n) is 2.01. The second-order valence-electron chi connectivity index (χ2n) is 4.17. The van der Waals surface area contributed by atoms with Crippen LogP contribution in [0.3, 0.4) is 0 Å². The van der Waals surface area contributed by atoms with Crippen LogP contribution in [0.15, 0.2) is 48.6 Å². The summed E-state index contributed by atoms with van der Waals surface area (Å²) in [7, 11) is 0. The third kappa shape index (κ3) is 10.2. The van der Waals surface area contributed by atoms with Gasteiger partial charge in [0, 0.05) is 23.3 Å². The van der Waals surface area contributed by atoms with Crippen molar-refractivity contribution in [3.8, 4) is 0 Å². The monoisotopic (exact) mass is 340 g/mol. The molecule has 0 aliphatic rings. The summed E-state index contributed by atoms with van der Waals surface area (Å²) < 4.78 is 0. The van der Waals surface area contributed by atoms with Crippen molar-refractivity contribution in [1.29, 1.82) is 0 Å². The fraction of sp³-hybridized carbons (Fsp3) is 0.143. The molecular weight excluding hydrogens is 324 g/mol. The third-order valence-corrected chi connectivity index (χ3v) is 2.01. The van der Waals surface area contributed by atoms with Gasteiger partial charge in [0.05, 0.1) is 9.85 Å². The Morgan fingerprint density at radius 3 is 1.21 bits per heavy atom. The van der Waals surface area contributed by atoms with E-state index in [0.29, 0.717) is 0 Å². The highest BCUT2D eigenvalue weighted by atomic mass is 16.6. The molecule has 0 amide bonds. The molecule has 0 saturated carbocycles. The summed E-state index contributed by atoms with van der Waals surface area (Å²) in [5.41, 5.74) is -0.616. The normalized spacial score (nSPS) is 8.42. The van der Waals surface area contributed by atoms with Crippen LogP contribution in [0.1, 0.15) is 13.8 Å². The highest BCUT2D eigenvalue weighted by Gasteiger charge is 2.21. The van der Waals surface area contributed by atoms with Gasteiger partial charge in [-0.3, -0.25) is 20.2 Å². The number of benzene rings is 1. The lowest BCUT2D eigenvalue weighted by Crippen LogP contribution is -1.95. The molecule has 0 aliphatic heterocycles. The molecule has 10 heteroatoms. The van der Waals surface area contributed by atoms with E-state index in [0.717, 1.165) is 12.1 Å². The second kappa shape index (κ2) is 11.1. The molecule has 1 aromatic carbocycles. The van der Waals surface area contributed by atoms with Crippen molar-refractivity contribution in [2.24, 2.45) is 0 Å². The van der Waals surface area contributed by atoms with E-state index in [1.165, 1.54) is 26.0 Å². The van der Waals surface area contributed by atoms with Gasteiger partial charge in [0.15, 0.2) is 0 Å². The zero-order valence-corrected chi connectivity index (χ0v) is 13.0. The number of hydrogen-bond donors (Lipinski definition) is 2. The van der Waals surface area contributed by atoms with E-state index in [4.69, 9.17) is 10.2 Å². The van der Waals surface area contributed by atoms with Crippen molar-refractivity contribution < 1.29 is 29.6 Å². The van der Waals surface area contributed by atoms with Crippen molar-refractivity contribution in [1.82, 2.24) is 0 Å². The molecule has 0 fully saturated rings. The summed E-state index contributed by atoms with van der Waals surface area (Å²) >= 11 is 0. The van der Waals surface area contributed by atoms with E-state index < -0.39 is 33.2 Å². The quantitative estimate of drug-likeness (QED) is 0.480. The average molecular weight is 340 g/mol. The number of nitro groups is 2. The van der Waals surface area contributed by atoms with Gasteiger partial charge in [0.25, 0.3) is 0 Å². The molecule has 1 aromatic rings. The fourth-order valence-electron chi connectivity index (χ4n) is 0.773. The molecule has 0 spiro atoms. The topological polar surface area (TPSA) is 161 Å². The Bertz CT molecular complexity index is 585. The van der Waals surface area contributed by atoms with Crippen LogP contribution in [-0.4, -0.2) is 32.0 Å². The number of nitro benzene ring substituents is 2. The van der Waals surface area contributed by atoms with Gasteiger partial charge < -0.3 is 10.2 Å². The number of carboxylic acids is 2. The van der Waals surface area contributed by atoms with E-state index in [9.17, 15) is 29.8 Å².